The van der Waals surface area contributed by atoms with Crippen LogP contribution in [0.25, 0.3) is 0 Å². The first-order valence-electron chi connectivity index (χ1n) is 7.15. The number of hydrogen-bond donors (Lipinski definition) is 1. The molecule has 0 bridgehead atoms. The van der Waals surface area contributed by atoms with Crippen molar-refractivity contribution in [1.29, 1.82) is 0 Å². The van der Waals surface area contributed by atoms with Crippen LogP contribution in [0.5, 0.6) is 0 Å². The highest BCUT2D eigenvalue weighted by atomic mass is 35.5. The third-order valence-corrected chi connectivity index (χ3v) is 5.01. The van der Waals surface area contributed by atoms with Gasteiger partial charge < -0.3 is 5.73 Å². The summed E-state index contributed by atoms with van der Waals surface area (Å²) in [6.45, 7) is 4.68. The quantitative estimate of drug-likeness (QED) is 0.841. The van der Waals surface area contributed by atoms with Crippen molar-refractivity contribution in [2.45, 2.75) is 45.6 Å². The van der Waals surface area contributed by atoms with E-state index in [2.05, 4.69) is 13.8 Å². The van der Waals surface area contributed by atoms with E-state index in [0.29, 0.717) is 16.0 Å². The van der Waals surface area contributed by atoms with Gasteiger partial charge in [-0.2, -0.15) is 0 Å². The molecule has 2 N–H and O–H groups in total. The van der Waals surface area contributed by atoms with E-state index in [1.807, 2.05) is 18.2 Å². The summed E-state index contributed by atoms with van der Waals surface area (Å²) >= 11 is 12.0. The van der Waals surface area contributed by atoms with Crippen molar-refractivity contribution in [3.05, 3.63) is 33.8 Å². The first-order chi connectivity index (χ1) is 8.95. The molecule has 1 aliphatic carbocycles. The fourth-order valence-corrected chi connectivity index (χ4v) is 3.78. The van der Waals surface area contributed by atoms with Crippen LogP contribution < -0.4 is 5.73 Å². The molecule has 1 saturated carbocycles. The lowest BCUT2D eigenvalue weighted by atomic mass is 9.73. The molecule has 3 atom stereocenters. The van der Waals surface area contributed by atoms with Gasteiger partial charge in [0.05, 0.1) is 10.0 Å². The molecule has 2 rings (SSSR count). The molecule has 1 aromatic rings. The van der Waals surface area contributed by atoms with Crippen LogP contribution >= 0.6 is 23.2 Å². The van der Waals surface area contributed by atoms with Crippen molar-refractivity contribution < 1.29 is 0 Å². The van der Waals surface area contributed by atoms with Gasteiger partial charge in [-0.3, -0.25) is 0 Å². The van der Waals surface area contributed by atoms with Gasteiger partial charge in [-0.05, 0) is 61.1 Å². The minimum atomic E-state index is 0.224. The first-order valence-corrected chi connectivity index (χ1v) is 7.90. The maximum absolute atomic E-state index is 6.42. The van der Waals surface area contributed by atoms with Gasteiger partial charge >= 0.3 is 0 Å². The average molecular weight is 300 g/mol. The predicted octanol–water partition coefficient (Wildman–Crippen LogP) is 4.94. The van der Waals surface area contributed by atoms with Crippen molar-refractivity contribution >= 4 is 23.2 Å². The van der Waals surface area contributed by atoms with Gasteiger partial charge in [0, 0.05) is 6.04 Å². The Bertz CT molecular complexity index is 423. The van der Waals surface area contributed by atoms with Gasteiger partial charge in [0.25, 0.3) is 0 Å². The van der Waals surface area contributed by atoms with Gasteiger partial charge in [-0.15, -0.1) is 0 Å². The average Bonchev–Trinajstić information content (AvgIpc) is 2.32. The normalized spacial score (nSPS) is 29.2. The van der Waals surface area contributed by atoms with Crippen LogP contribution in [0.15, 0.2) is 18.2 Å². The van der Waals surface area contributed by atoms with E-state index in [1.54, 1.807) is 0 Å². The second-order valence-corrected chi connectivity index (χ2v) is 7.11. The molecule has 1 fully saturated rings. The van der Waals surface area contributed by atoms with E-state index in [4.69, 9.17) is 28.9 Å². The summed E-state index contributed by atoms with van der Waals surface area (Å²) in [5.41, 5.74) is 7.60. The summed E-state index contributed by atoms with van der Waals surface area (Å²) in [5.74, 6) is 2.23. The molecule has 1 aromatic carbocycles. The lowest BCUT2D eigenvalue weighted by molar-refractivity contribution is 0.192. The van der Waals surface area contributed by atoms with Crippen molar-refractivity contribution in [3.63, 3.8) is 0 Å². The van der Waals surface area contributed by atoms with E-state index in [0.717, 1.165) is 18.3 Å². The number of halogens is 2. The second-order valence-electron chi connectivity index (χ2n) is 6.29. The Morgan fingerprint density at radius 2 is 1.74 bits per heavy atom. The number of rotatable bonds is 3. The zero-order valence-corrected chi connectivity index (χ0v) is 13.2. The van der Waals surface area contributed by atoms with Gasteiger partial charge in [0.2, 0.25) is 0 Å². The van der Waals surface area contributed by atoms with E-state index < -0.39 is 0 Å². The summed E-state index contributed by atoms with van der Waals surface area (Å²) in [6.07, 6.45) is 4.75. The van der Waals surface area contributed by atoms with Crippen LogP contribution in [-0.4, -0.2) is 6.04 Å². The highest BCUT2D eigenvalue weighted by molar-refractivity contribution is 6.42. The second kappa shape index (κ2) is 6.47. The minimum absolute atomic E-state index is 0.224. The Balaban J connectivity index is 1.99. The SMILES string of the molecule is CC1CC(C)CC(C(N)Cc2ccc(Cl)c(Cl)c2)C1. The number of hydrogen-bond acceptors (Lipinski definition) is 1. The standard InChI is InChI=1S/C16H23Cl2N/c1-10-5-11(2)7-13(6-10)16(19)9-12-3-4-14(17)15(18)8-12/h3-4,8,10-11,13,16H,5-7,9,19H2,1-2H3. The molecule has 3 unspecified atom stereocenters. The molecule has 19 heavy (non-hydrogen) atoms. The molecular formula is C16H23Cl2N. The first kappa shape index (κ1) is 15.2. The highest BCUT2D eigenvalue weighted by Gasteiger charge is 2.28. The van der Waals surface area contributed by atoms with Crippen LogP contribution in [0.4, 0.5) is 0 Å². The van der Waals surface area contributed by atoms with Crippen molar-refractivity contribution in [3.8, 4) is 0 Å². The lowest BCUT2D eigenvalue weighted by Crippen LogP contribution is -2.37. The van der Waals surface area contributed by atoms with E-state index in [1.165, 1.54) is 24.8 Å². The Morgan fingerprint density at radius 1 is 1.11 bits per heavy atom. The minimum Gasteiger partial charge on any atom is -0.327 e. The van der Waals surface area contributed by atoms with Crippen LogP contribution in [0.3, 0.4) is 0 Å². The van der Waals surface area contributed by atoms with Crippen LogP contribution in [0, 0.1) is 17.8 Å². The Labute approximate surface area is 126 Å². The Morgan fingerprint density at radius 3 is 2.32 bits per heavy atom. The monoisotopic (exact) mass is 299 g/mol. The summed E-state index contributed by atoms with van der Waals surface area (Å²) in [4.78, 5) is 0. The number of nitrogens with two attached hydrogens (primary N) is 1. The van der Waals surface area contributed by atoms with Crippen molar-refractivity contribution in [1.82, 2.24) is 0 Å². The predicted molar refractivity (Wildman–Crippen MR) is 83.8 cm³/mol. The number of benzene rings is 1. The molecule has 0 spiro atoms. The maximum atomic E-state index is 6.42. The molecule has 106 valence electrons. The fourth-order valence-electron chi connectivity index (χ4n) is 3.46. The molecule has 1 aliphatic rings. The molecule has 0 aliphatic heterocycles. The van der Waals surface area contributed by atoms with Crippen LogP contribution in [0.2, 0.25) is 10.0 Å². The molecule has 0 amide bonds. The van der Waals surface area contributed by atoms with E-state index in [-0.39, 0.29) is 6.04 Å². The largest absolute Gasteiger partial charge is 0.327 e. The topological polar surface area (TPSA) is 26.0 Å². The van der Waals surface area contributed by atoms with Crippen molar-refractivity contribution in [2.75, 3.05) is 0 Å². The zero-order valence-electron chi connectivity index (χ0n) is 11.7. The van der Waals surface area contributed by atoms with Crippen LogP contribution in [0.1, 0.15) is 38.7 Å². The van der Waals surface area contributed by atoms with E-state index in [9.17, 15) is 0 Å². The molecule has 0 radical (unpaired) electrons. The zero-order chi connectivity index (χ0) is 14.0. The van der Waals surface area contributed by atoms with Gasteiger partial charge in [-0.1, -0.05) is 43.1 Å². The third kappa shape index (κ3) is 4.11. The van der Waals surface area contributed by atoms with Crippen molar-refractivity contribution in [2.24, 2.45) is 23.5 Å². The summed E-state index contributed by atoms with van der Waals surface area (Å²) < 4.78 is 0. The molecule has 0 heterocycles. The molecule has 0 saturated heterocycles. The third-order valence-electron chi connectivity index (χ3n) is 4.28. The lowest BCUT2D eigenvalue weighted by Gasteiger charge is -2.35. The van der Waals surface area contributed by atoms with Gasteiger partial charge in [0.1, 0.15) is 0 Å². The molecule has 0 aromatic heterocycles. The fraction of sp³-hybridized carbons (Fsp3) is 0.625. The Hall–Kier alpha value is -0.240. The highest BCUT2D eigenvalue weighted by Crippen LogP contribution is 2.35. The Kier molecular flexibility index (Phi) is 5.16. The molecule has 3 heteroatoms. The molecule has 1 nitrogen and oxygen atoms in total. The van der Waals surface area contributed by atoms with Gasteiger partial charge in [0.15, 0.2) is 0 Å². The smallest absolute Gasteiger partial charge is 0.0595 e. The summed E-state index contributed by atoms with van der Waals surface area (Å²) in [7, 11) is 0. The molecular weight excluding hydrogens is 277 g/mol. The van der Waals surface area contributed by atoms with E-state index >= 15 is 0 Å². The van der Waals surface area contributed by atoms with Gasteiger partial charge in [-0.25, -0.2) is 0 Å². The van der Waals surface area contributed by atoms with Crippen LogP contribution in [-0.2, 0) is 6.42 Å². The summed E-state index contributed by atoms with van der Waals surface area (Å²) in [6, 6.07) is 6.06. The maximum Gasteiger partial charge on any atom is 0.0595 e. The summed E-state index contributed by atoms with van der Waals surface area (Å²) in [5, 5.41) is 1.23.